The van der Waals surface area contributed by atoms with Crippen molar-refractivity contribution in [1.82, 2.24) is 10.2 Å². The molecular weight excluding hydrogens is 514 g/mol. The van der Waals surface area contributed by atoms with Crippen molar-refractivity contribution in [2.45, 2.75) is 50.4 Å². The first-order chi connectivity index (χ1) is 19.5. The summed E-state index contributed by atoms with van der Waals surface area (Å²) in [5, 5.41) is 3.48. The topological polar surface area (TPSA) is 52.7 Å². The monoisotopic (exact) mass is 553 g/mol. The molecule has 0 bridgehead atoms. The zero-order chi connectivity index (χ0) is 27.9. The molecule has 40 heavy (non-hydrogen) atoms. The van der Waals surface area contributed by atoms with Crippen molar-refractivity contribution >= 4 is 35.3 Å². The second kappa shape index (κ2) is 13.2. The smallest absolute Gasteiger partial charge is 0.260 e. The molecular formula is C34H39N3O2S. The Morgan fingerprint density at radius 2 is 1.77 bits per heavy atom. The molecule has 3 atom stereocenters. The van der Waals surface area contributed by atoms with Gasteiger partial charge in [-0.15, -0.1) is 11.8 Å². The Balaban J connectivity index is 1.24. The van der Waals surface area contributed by atoms with E-state index in [1.165, 1.54) is 11.3 Å². The predicted molar refractivity (Wildman–Crippen MR) is 166 cm³/mol. The fourth-order valence-corrected chi connectivity index (χ4v) is 7.22. The minimum atomic E-state index is -0.0684. The Labute approximate surface area is 242 Å². The second-order valence-corrected chi connectivity index (χ2v) is 12.3. The van der Waals surface area contributed by atoms with Gasteiger partial charge >= 0.3 is 0 Å². The molecule has 3 unspecified atom stereocenters. The molecule has 1 N–H and O–H groups in total. The van der Waals surface area contributed by atoms with Gasteiger partial charge in [-0.25, -0.2) is 0 Å². The Kier molecular flexibility index (Phi) is 9.27. The zero-order valence-electron chi connectivity index (χ0n) is 23.5. The molecule has 0 spiro atoms. The van der Waals surface area contributed by atoms with E-state index in [9.17, 15) is 9.59 Å². The molecule has 2 aliphatic rings. The Morgan fingerprint density at radius 1 is 1.02 bits per heavy atom. The molecule has 0 aromatic heterocycles. The van der Waals surface area contributed by atoms with Crippen LogP contribution in [0.5, 0.6) is 0 Å². The summed E-state index contributed by atoms with van der Waals surface area (Å²) in [7, 11) is 2.08. The summed E-state index contributed by atoms with van der Waals surface area (Å²) in [5.41, 5.74) is 4.54. The van der Waals surface area contributed by atoms with E-state index < -0.39 is 0 Å². The lowest BCUT2D eigenvalue weighted by Crippen LogP contribution is -2.53. The number of benzene rings is 3. The van der Waals surface area contributed by atoms with E-state index in [4.69, 9.17) is 0 Å². The molecule has 2 amide bonds. The van der Waals surface area contributed by atoms with E-state index in [1.807, 2.05) is 59.5 Å². The van der Waals surface area contributed by atoms with Crippen molar-refractivity contribution in [2.75, 3.05) is 25.0 Å². The molecule has 1 aliphatic heterocycles. The Morgan fingerprint density at radius 3 is 2.52 bits per heavy atom. The summed E-state index contributed by atoms with van der Waals surface area (Å²) in [4.78, 5) is 32.2. The quantitative estimate of drug-likeness (QED) is 0.250. The van der Waals surface area contributed by atoms with Crippen LogP contribution in [-0.4, -0.2) is 48.1 Å². The van der Waals surface area contributed by atoms with Crippen molar-refractivity contribution in [3.8, 4) is 0 Å². The molecule has 3 aromatic rings. The zero-order valence-corrected chi connectivity index (χ0v) is 24.3. The van der Waals surface area contributed by atoms with Gasteiger partial charge in [0.1, 0.15) is 0 Å². The largest absolute Gasteiger partial charge is 0.375 e. The summed E-state index contributed by atoms with van der Waals surface area (Å²) in [6, 6.07) is 28.8. The minimum absolute atomic E-state index is 0.0413. The van der Waals surface area contributed by atoms with Crippen molar-refractivity contribution in [3.05, 3.63) is 107 Å². The van der Waals surface area contributed by atoms with E-state index in [-0.39, 0.29) is 23.8 Å². The van der Waals surface area contributed by atoms with Crippen LogP contribution in [0.15, 0.2) is 89.8 Å². The summed E-state index contributed by atoms with van der Waals surface area (Å²) >= 11 is 1.70. The molecule has 6 heteroatoms. The van der Waals surface area contributed by atoms with E-state index in [1.54, 1.807) is 11.8 Å². The van der Waals surface area contributed by atoms with Gasteiger partial charge in [-0.1, -0.05) is 78.4 Å². The van der Waals surface area contributed by atoms with Gasteiger partial charge in [0.05, 0.1) is 4.91 Å². The van der Waals surface area contributed by atoms with Crippen LogP contribution in [0.3, 0.4) is 0 Å². The molecule has 2 fully saturated rings. The maximum absolute atomic E-state index is 13.9. The van der Waals surface area contributed by atoms with Gasteiger partial charge in [-0.05, 0) is 61.9 Å². The lowest BCUT2D eigenvalue weighted by Gasteiger charge is -2.46. The number of para-hydroxylation sites is 1. The number of thioether (sulfide) groups is 1. The fourth-order valence-electron chi connectivity index (χ4n) is 5.80. The fraction of sp³-hybridized carbons (Fsp3) is 0.353. The van der Waals surface area contributed by atoms with Crippen LogP contribution in [0.25, 0.3) is 6.08 Å². The first-order valence-corrected chi connectivity index (χ1v) is 15.2. The number of carbonyl (C=O) groups excluding carboxylic acids is 2. The average molecular weight is 554 g/mol. The van der Waals surface area contributed by atoms with Gasteiger partial charge in [0.25, 0.3) is 5.91 Å². The van der Waals surface area contributed by atoms with Crippen LogP contribution in [0, 0.1) is 12.8 Å². The van der Waals surface area contributed by atoms with E-state index in [0.29, 0.717) is 24.8 Å². The van der Waals surface area contributed by atoms with Gasteiger partial charge in [-0.2, -0.15) is 0 Å². The standard InChI is InChI=1S/C34H39N3O2S/c1-25-11-9-14-27(21-25)24-37-30-23-28(33(38)35-19-10-20-36(2)29-15-7-4-8-16-29)17-18-31(30)40-32(34(37)39)22-26-12-5-3-6-13-26/h3-9,11-16,21-22,28,30-31H,10,17-20,23-24H2,1-2H3,(H,35,38)/b32-22-. The third-order valence-corrected chi connectivity index (χ3v) is 9.37. The lowest BCUT2D eigenvalue weighted by molar-refractivity contribution is -0.133. The maximum Gasteiger partial charge on any atom is 0.260 e. The molecule has 1 saturated heterocycles. The number of fused-ring (bicyclic) bond motifs is 1. The number of rotatable bonds is 9. The summed E-state index contributed by atoms with van der Waals surface area (Å²) in [6.07, 6.45) is 5.40. The molecule has 1 aliphatic carbocycles. The molecule has 1 saturated carbocycles. The molecule has 0 radical (unpaired) electrons. The minimum Gasteiger partial charge on any atom is -0.375 e. The number of aryl methyl sites for hydroxylation is 1. The summed E-state index contributed by atoms with van der Waals surface area (Å²) in [6.45, 7) is 4.19. The maximum atomic E-state index is 13.9. The van der Waals surface area contributed by atoms with Gasteiger partial charge in [0, 0.05) is 49.6 Å². The van der Waals surface area contributed by atoms with Crippen LogP contribution >= 0.6 is 11.8 Å². The highest BCUT2D eigenvalue weighted by Gasteiger charge is 2.44. The van der Waals surface area contributed by atoms with Crippen molar-refractivity contribution in [2.24, 2.45) is 5.92 Å². The number of hydrogen-bond acceptors (Lipinski definition) is 4. The third kappa shape index (κ3) is 6.97. The Hall–Kier alpha value is -3.51. The first kappa shape index (κ1) is 28.0. The SMILES string of the molecule is Cc1cccc(CN2C(=O)/C(=C/c3ccccc3)SC3CCC(C(=O)NCCCN(C)c4ccccc4)CC32)c1. The lowest BCUT2D eigenvalue weighted by atomic mass is 9.83. The van der Waals surface area contributed by atoms with Crippen molar-refractivity contribution in [3.63, 3.8) is 0 Å². The Bertz CT molecular complexity index is 1330. The van der Waals surface area contributed by atoms with Crippen LogP contribution in [0.2, 0.25) is 0 Å². The number of amides is 2. The second-order valence-electron chi connectivity index (χ2n) is 11.0. The molecule has 208 valence electrons. The highest BCUT2D eigenvalue weighted by Crippen LogP contribution is 2.44. The number of nitrogens with zero attached hydrogens (tertiary/aromatic N) is 2. The first-order valence-electron chi connectivity index (χ1n) is 14.3. The molecule has 3 aromatic carbocycles. The van der Waals surface area contributed by atoms with Crippen molar-refractivity contribution < 1.29 is 9.59 Å². The number of nitrogens with one attached hydrogen (secondary N) is 1. The molecule has 5 nitrogen and oxygen atoms in total. The predicted octanol–water partition coefficient (Wildman–Crippen LogP) is 6.29. The van der Waals surface area contributed by atoms with E-state index in [0.717, 1.165) is 41.8 Å². The normalized spacial score (nSPS) is 21.6. The van der Waals surface area contributed by atoms with Crippen LogP contribution in [-0.2, 0) is 16.1 Å². The third-order valence-electron chi connectivity index (χ3n) is 7.98. The van der Waals surface area contributed by atoms with Crippen molar-refractivity contribution in [1.29, 1.82) is 0 Å². The highest BCUT2D eigenvalue weighted by atomic mass is 32.2. The van der Waals surface area contributed by atoms with Crippen LogP contribution in [0.1, 0.15) is 42.4 Å². The van der Waals surface area contributed by atoms with E-state index in [2.05, 4.69) is 60.6 Å². The summed E-state index contributed by atoms with van der Waals surface area (Å²) < 4.78 is 0. The number of anilines is 1. The summed E-state index contributed by atoms with van der Waals surface area (Å²) in [5.74, 6) is 0.127. The highest BCUT2D eigenvalue weighted by molar-refractivity contribution is 8.04. The average Bonchev–Trinajstić information content (AvgIpc) is 2.98. The number of carbonyl (C=O) groups is 2. The van der Waals surface area contributed by atoms with Crippen LogP contribution < -0.4 is 10.2 Å². The van der Waals surface area contributed by atoms with Gasteiger partial charge in [0.15, 0.2) is 0 Å². The van der Waals surface area contributed by atoms with Gasteiger partial charge < -0.3 is 15.1 Å². The number of hydrogen-bond donors (Lipinski definition) is 1. The molecule has 5 rings (SSSR count). The van der Waals surface area contributed by atoms with Crippen LogP contribution in [0.4, 0.5) is 5.69 Å². The van der Waals surface area contributed by atoms with E-state index >= 15 is 0 Å². The van der Waals surface area contributed by atoms with Gasteiger partial charge in [0.2, 0.25) is 5.91 Å². The molecule has 1 heterocycles. The van der Waals surface area contributed by atoms with Gasteiger partial charge in [-0.3, -0.25) is 9.59 Å².